The van der Waals surface area contributed by atoms with E-state index in [0.717, 1.165) is 23.7 Å². The summed E-state index contributed by atoms with van der Waals surface area (Å²) in [4.78, 5) is 15.2. The second-order valence-electron chi connectivity index (χ2n) is 5.97. The molecule has 1 aromatic carbocycles. The molecule has 3 rings (SSSR count). The van der Waals surface area contributed by atoms with Crippen molar-refractivity contribution in [2.75, 3.05) is 18.8 Å². The maximum absolute atomic E-state index is 12.2. The van der Waals surface area contributed by atoms with Crippen molar-refractivity contribution in [3.63, 3.8) is 0 Å². The number of rotatable bonds is 7. The number of aromatic amines is 1. The highest BCUT2D eigenvalue weighted by Gasteiger charge is 2.20. The van der Waals surface area contributed by atoms with E-state index in [0.29, 0.717) is 18.0 Å². The fraction of sp³-hybridized carbons (Fsp3) is 0.438. The molecule has 124 valence electrons. The van der Waals surface area contributed by atoms with E-state index < -0.39 is 10.0 Å². The van der Waals surface area contributed by atoms with E-state index in [-0.39, 0.29) is 18.2 Å². The van der Waals surface area contributed by atoms with Gasteiger partial charge in [-0.15, -0.1) is 0 Å². The van der Waals surface area contributed by atoms with Crippen molar-refractivity contribution < 1.29 is 13.2 Å². The molecule has 6 nitrogen and oxygen atoms in total. The first-order chi connectivity index (χ1) is 11.1. The number of H-pyrrole nitrogens is 1. The van der Waals surface area contributed by atoms with Crippen LogP contribution in [0.2, 0.25) is 0 Å². The second kappa shape index (κ2) is 6.72. The Labute approximate surface area is 135 Å². The number of sulfonamides is 1. The highest BCUT2D eigenvalue weighted by atomic mass is 32.2. The number of fused-ring (bicyclic) bond motifs is 1. The van der Waals surface area contributed by atoms with Crippen molar-refractivity contribution in [2.24, 2.45) is 5.92 Å². The van der Waals surface area contributed by atoms with Gasteiger partial charge < -0.3 is 10.3 Å². The van der Waals surface area contributed by atoms with Gasteiger partial charge in [0.2, 0.25) is 10.0 Å². The number of para-hydroxylation sites is 1. The Morgan fingerprint density at radius 1 is 1.26 bits per heavy atom. The smallest absolute Gasteiger partial charge is 0.253 e. The van der Waals surface area contributed by atoms with Gasteiger partial charge in [-0.05, 0) is 30.9 Å². The van der Waals surface area contributed by atoms with Gasteiger partial charge in [0.15, 0.2) is 0 Å². The molecule has 1 aliphatic carbocycles. The number of hydrogen-bond donors (Lipinski definition) is 3. The van der Waals surface area contributed by atoms with E-state index in [1.165, 1.54) is 6.42 Å². The third-order valence-electron chi connectivity index (χ3n) is 4.30. The molecule has 0 unspecified atom stereocenters. The van der Waals surface area contributed by atoms with Crippen molar-refractivity contribution >= 4 is 26.8 Å². The number of hydrogen-bond acceptors (Lipinski definition) is 3. The number of carbonyl (C=O) groups excluding carboxylic acids is 1. The van der Waals surface area contributed by atoms with Crippen molar-refractivity contribution in [1.29, 1.82) is 0 Å². The van der Waals surface area contributed by atoms with Crippen molar-refractivity contribution in [3.8, 4) is 0 Å². The molecule has 23 heavy (non-hydrogen) atoms. The Morgan fingerprint density at radius 3 is 2.83 bits per heavy atom. The Morgan fingerprint density at radius 2 is 2.09 bits per heavy atom. The lowest BCUT2D eigenvalue weighted by molar-refractivity contribution is 0.0957. The van der Waals surface area contributed by atoms with Crippen molar-refractivity contribution in [2.45, 2.75) is 19.3 Å². The molecule has 2 aromatic rings. The summed E-state index contributed by atoms with van der Waals surface area (Å²) in [7, 11) is -3.33. The Bertz CT molecular complexity index is 794. The average Bonchev–Trinajstić information content (AvgIpc) is 2.93. The Kier molecular flexibility index (Phi) is 4.68. The highest BCUT2D eigenvalue weighted by molar-refractivity contribution is 7.89. The van der Waals surface area contributed by atoms with Crippen LogP contribution in [0.4, 0.5) is 0 Å². The van der Waals surface area contributed by atoms with Gasteiger partial charge in [0, 0.05) is 24.7 Å². The predicted molar refractivity (Wildman–Crippen MR) is 89.8 cm³/mol. The topological polar surface area (TPSA) is 91.1 Å². The van der Waals surface area contributed by atoms with Gasteiger partial charge in [-0.3, -0.25) is 4.79 Å². The Hall–Kier alpha value is -1.86. The summed E-state index contributed by atoms with van der Waals surface area (Å²) < 4.78 is 26.4. The van der Waals surface area contributed by atoms with Crippen LogP contribution in [0.25, 0.3) is 10.9 Å². The van der Waals surface area contributed by atoms with Gasteiger partial charge in [-0.2, -0.15) is 0 Å². The third kappa shape index (κ3) is 3.92. The molecule has 1 aliphatic rings. The van der Waals surface area contributed by atoms with Crippen LogP contribution in [0.15, 0.2) is 30.5 Å². The summed E-state index contributed by atoms with van der Waals surface area (Å²) in [5, 5.41) is 3.63. The zero-order chi connectivity index (χ0) is 16.3. The van der Waals surface area contributed by atoms with Gasteiger partial charge in [0.25, 0.3) is 5.91 Å². The molecule has 0 bridgehead atoms. The molecule has 1 saturated carbocycles. The molecular formula is C16H21N3O3S. The predicted octanol–water partition coefficient (Wildman–Crippen LogP) is 1.62. The van der Waals surface area contributed by atoms with Crippen LogP contribution < -0.4 is 10.0 Å². The zero-order valence-corrected chi connectivity index (χ0v) is 13.7. The molecule has 3 N–H and O–H groups in total. The van der Waals surface area contributed by atoms with Crippen LogP contribution >= 0.6 is 0 Å². The van der Waals surface area contributed by atoms with Crippen LogP contribution in [0, 0.1) is 5.92 Å². The average molecular weight is 335 g/mol. The van der Waals surface area contributed by atoms with Gasteiger partial charge in [-0.1, -0.05) is 18.6 Å². The molecule has 1 amide bonds. The lowest BCUT2D eigenvalue weighted by atomic mass is 9.86. The van der Waals surface area contributed by atoms with Crippen LogP contribution in [0.3, 0.4) is 0 Å². The minimum atomic E-state index is -3.33. The van der Waals surface area contributed by atoms with Crippen LogP contribution in [0.1, 0.15) is 29.6 Å². The molecule has 0 saturated heterocycles. The van der Waals surface area contributed by atoms with E-state index in [4.69, 9.17) is 0 Å². The lowest BCUT2D eigenvalue weighted by Crippen LogP contribution is -2.37. The fourth-order valence-corrected chi connectivity index (χ4v) is 3.69. The quantitative estimate of drug-likeness (QED) is 0.718. The second-order valence-corrected chi connectivity index (χ2v) is 7.89. The number of carbonyl (C=O) groups is 1. The molecule has 7 heteroatoms. The van der Waals surface area contributed by atoms with Gasteiger partial charge in [0.05, 0.1) is 16.8 Å². The first-order valence-corrected chi connectivity index (χ1v) is 9.52. The van der Waals surface area contributed by atoms with Crippen LogP contribution in [-0.4, -0.2) is 38.2 Å². The van der Waals surface area contributed by atoms with E-state index in [1.807, 2.05) is 18.2 Å². The monoisotopic (exact) mass is 335 g/mol. The summed E-state index contributed by atoms with van der Waals surface area (Å²) >= 11 is 0. The number of nitrogens with one attached hydrogen (secondary N) is 3. The number of benzene rings is 1. The largest absolute Gasteiger partial charge is 0.361 e. The summed E-state index contributed by atoms with van der Waals surface area (Å²) in [5.74, 6) is 0.101. The summed E-state index contributed by atoms with van der Waals surface area (Å²) in [6.45, 7) is 0.605. The number of amides is 1. The molecule has 1 fully saturated rings. The maximum Gasteiger partial charge on any atom is 0.253 e. The summed E-state index contributed by atoms with van der Waals surface area (Å²) in [5.41, 5.74) is 1.28. The first-order valence-electron chi connectivity index (χ1n) is 7.87. The van der Waals surface area contributed by atoms with E-state index >= 15 is 0 Å². The van der Waals surface area contributed by atoms with E-state index in [9.17, 15) is 13.2 Å². The van der Waals surface area contributed by atoms with Gasteiger partial charge in [0.1, 0.15) is 0 Å². The van der Waals surface area contributed by atoms with Crippen LogP contribution in [-0.2, 0) is 10.0 Å². The van der Waals surface area contributed by atoms with Crippen molar-refractivity contribution in [1.82, 2.24) is 15.0 Å². The Balaban J connectivity index is 1.51. The summed E-state index contributed by atoms with van der Waals surface area (Å²) in [6.07, 6.45) is 5.15. The number of aromatic nitrogens is 1. The lowest BCUT2D eigenvalue weighted by Gasteiger charge is -2.25. The maximum atomic E-state index is 12.2. The van der Waals surface area contributed by atoms with E-state index in [1.54, 1.807) is 12.3 Å². The molecule has 0 aliphatic heterocycles. The highest BCUT2D eigenvalue weighted by Crippen LogP contribution is 2.25. The SMILES string of the molecule is O=C(NCCS(=O)(=O)NCC1CCC1)c1cccc2cc[nH]c12. The molecular weight excluding hydrogens is 314 g/mol. The van der Waals surface area contributed by atoms with Gasteiger partial charge in [-0.25, -0.2) is 13.1 Å². The van der Waals surface area contributed by atoms with Crippen molar-refractivity contribution in [3.05, 3.63) is 36.0 Å². The van der Waals surface area contributed by atoms with E-state index in [2.05, 4.69) is 15.0 Å². The van der Waals surface area contributed by atoms with Gasteiger partial charge >= 0.3 is 0 Å². The normalized spacial score (nSPS) is 15.5. The minimum Gasteiger partial charge on any atom is -0.361 e. The zero-order valence-electron chi connectivity index (χ0n) is 12.8. The molecule has 0 spiro atoms. The standard InChI is InChI=1S/C16H21N3O3S/c20-16(14-6-2-5-13-7-8-17-15(13)14)18-9-10-23(21,22)19-11-12-3-1-4-12/h2,5-8,12,17,19H,1,3-4,9-11H2,(H,18,20). The van der Waals surface area contributed by atoms with Crippen LogP contribution in [0.5, 0.6) is 0 Å². The third-order valence-corrected chi connectivity index (χ3v) is 5.65. The molecule has 0 atom stereocenters. The molecule has 1 heterocycles. The minimum absolute atomic E-state index is 0.0932. The fourth-order valence-electron chi connectivity index (χ4n) is 2.68. The summed E-state index contributed by atoms with van der Waals surface area (Å²) in [6, 6.07) is 7.33. The first kappa shape index (κ1) is 16.0. The molecule has 0 radical (unpaired) electrons. The molecule has 1 aromatic heterocycles.